The maximum absolute atomic E-state index is 11.6. The monoisotopic (exact) mass is 238 g/mol. The van der Waals surface area contributed by atoms with Crippen LogP contribution in [0.4, 0.5) is 4.79 Å². The fourth-order valence-corrected chi connectivity index (χ4v) is 1.58. The number of urea groups is 1. The molecule has 0 aromatic rings. The minimum atomic E-state index is -0.999. The largest absolute Gasteiger partial charge is 0.341 e. The summed E-state index contributed by atoms with van der Waals surface area (Å²) in [6.07, 6.45) is 0.413. The van der Waals surface area contributed by atoms with E-state index in [2.05, 4.69) is 10.6 Å². The molecule has 0 radical (unpaired) electrons. The van der Waals surface area contributed by atoms with Crippen molar-refractivity contribution in [2.24, 2.45) is 0 Å². The third-order valence-corrected chi connectivity index (χ3v) is 2.91. The quantitative estimate of drug-likeness (QED) is 0.501. The van der Waals surface area contributed by atoms with E-state index in [0.717, 1.165) is 0 Å². The first kappa shape index (κ1) is 13.0. The Morgan fingerprint density at radius 3 is 2.76 bits per heavy atom. The van der Waals surface area contributed by atoms with Gasteiger partial charge in [-0.25, -0.2) is 4.79 Å². The van der Waals surface area contributed by atoms with Gasteiger partial charge in [-0.3, -0.25) is 14.9 Å². The third kappa shape index (κ3) is 2.36. The molecule has 1 aliphatic heterocycles. The molecule has 1 atom stereocenters. The van der Waals surface area contributed by atoms with Gasteiger partial charge in [0, 0.05) is 0 Å². The smallest absolute Gasteiger partial charge is 0.325 e. The minimum absolute atomic E-state index is 0.120. The zero-order valence-electron chi connectivity index (χ0n) is 9.74. The number of nitrogens with zero attached hydrogens (tertiary/aromatic N) is 2. The highest BCUT2D eigenvalue weighted by Crippen LogP contribution is 2.24. The molecule has 1 unspecified atom stereocenters. The van der Waals surface area contributed by atoms with Gasteiger partial charge in [0.2, 0.25) is 5.91 Å². The summed E-state index contributed by atoms with van der Waals surface area (Å²) in [7, 11) is 0. The Kier molecular flexibility index (Phi) is 3.68. The second-order valence-electron chi connectivity index (χ2n) is 3.91. The number of nitriles is 1. The number of rotatable bonds is 4. The molecule has 1 rings (SSSR count). The minimum Gasteiger partial charge on any atom is -0.341 e. The number of hydrogen-bond donors (Lipinski definition) is 2. The van der Waals surface area contributed by atoms with Crippen LogP contribution < -0.4 is 10.6 Å². The highest BCUT2D eigenvalue weighted by atomic mass is 16.2. The SMILES string of the molecule is CCC1(C)C(=O)NC(=O)N1CC(=O)NCC#N. The van der Waals surface area contributed by atoms with Gasteiger partial charge in [0.05, 0.1) is 6.07 Å². The summed E-state index contributed by atoms with van der Waals surface area (Å²) in [6, 6.07) is 1.18. The summed E-state index contributed by atoms with van der Waals surface area (Å²) in [5.41, 5.74) is -0.999. The summed E-state index contributed by atoms with van der Waals surface area (Å²) in [5, 5.41) is 12.8. The molecule has 7 heteroatoms. The Bertz CT molecular complexity index is 401. The lowest BCUT2D eigenvalue weighted by Gasteiger charge is -2.29. The van der Waals surface area contributed by atoms with Crippen LogP contribution in [0.25, 0.3) is 0 Å². The lowest BCUT2D eigenvalue weighted by atomic mass is 9.97. The molecule has 0 saturated carbocycles. The topological polar surface area (TPSA) is 102 Å². The molecule has 1 heterocycles. The number of imide groups is 1. The van der Waals surface area contributed by atoms with Crippen LogP contribution in [-0.4, -0.2) is 41.4 Å². The van der Waals surface area contributed by atoms with Crippen LogP contribution in [0.15, 0.2) is 0 Å². The van der Waals surface area contributed by atoms with Crippen LogP contribution >= 0.6 is 0 Å². The Balaban J connectivity index is 2.75. The number of carbonyl (C=O) groups is 3. The standard InChI is InChI=1S/C10H14N4O3/c1-3-10(2)8(16)13-9(17)14(10)6-7(15)12-5-4-11/h3,5-6H2,1-2H3,(H,12,15)(H,13,16,17). The molecule has 92 valence electrons. The molecule has 1 saturated heterocycles. The van der Waals surface area contributed by atoms with Crippen molar-refractivity contribution < 1.29 is 14.4 Å². The molecule has 0 aromatic heterocycles. The van der Waals surface area contributed by atoms with Crippen LogP contribution in [0.1, 0.15) is 20.3 Å². The zero-order valence-corrected chi connectivity index (χ0v) is 9.74. The second kappa shape index (κ2) is 4.82. The van der Waals surface area contributed by atoms with Crippen molar-refractivity contribution in [1.29, 1.82) is 5.26 Å². The molecule has 0 spiro atoms. The first-order chi connectivity index (χ1) is 7.95. The van der Waals surface area contributed by atoms with Gasteiger partial charge in [-0.15, -0.1) is 0 Å². The maximum atomic E-state index is 11.6. The molecule has 7 nitrogen and oxygen atoms in total. The van der Waals surface area contributed by atoms with Crippen molar-refractivity contribution in [1.82, 2.24) is 15.5 Å². The molecule has 0 aliphatic carbocycles. The van der Waals surface area contributed by atoms with E-state index < -0.39 is 23.4 Å². The van der Waals surface area contributed by atoms with Gasteiger partial charge in [-0.2, -0.15) is 5.26 Å². The van der Waals surface area contributed by atoms with Crippen LogP contribution in [0, 0.1) is 11.3 Å². The van der Waals surface area contributed by atoms with Crippen molar-refractivity contribution in [3.05, 3.63) is 0 Å². The van der Waals surface area contributed by atoms with Gasteiger partial charge in [0.15, 0.2) is 0 Å². The molecule has 1 fully saturated rings. The lowest BCUT2D eigenvalue weighted by Crippen LogP contribution is -2.50. The van der Waals surface area contributed by atoms with E-state index in [1.165, 1.54) is 4.90 Å². The molecule has 1 aliphatic rings. The van der Waals surface area contributed by atoms with Crippen molar-refractivity contribution >= 4 is 17.8 Å². The molecule has 0 bridgehead atoms. The highest BCUT2D eigenvalue weighted by Gasteiger charge is 2.48. The summed E-state index contributed by atoms with van der Waals surface area (Å²) in [6.45, 7) is 3.01. The summed E-state index contributed by atoms with van der Waals surface area (Å²) >= 11 is 0. The van der Waals surface area contributed by atoms with Gasteiger partial charge >= 0.3 is 6.03 Å². The van der Waals surface area contributed by atoms with E-state index in [-0.39, 0.29) is 13.1 Å². The first-order valence-electron chi connectivity index (χ1n) is 5.22. The Morgan fingerprint density at radius 2 is 2.24 bits per heavy atom. The number of nitrogens with one attached hydrogen (secondary N) is 2. The van der Waals surface area contributed by atoms with Gasteiger partial charge in [0.25, 0.3) is 5.91 Å². The van der Waals surface area contributed by atoms with Crippen molar-refractivity contribution in [3.63, 3.8) is 0 Å². The second-order valence-corrected chi connectivity index (χ2v) is 3.91. The summed E-state index contributed by atoms with van der Waals surface area (Å²) < 4.78 is 0. The Labute approximate surface area is 98.8 Å². The highest BCUT2D eigenvalue weighted by molar-refractivity contribution is 6.07. The Hall–Kier alpha value is -2.10. The zero-order chi connectivity index (χ0) is 13.1. The fraction of sp³-hybridized carbons (Fsp3) is 0.600. The van der Waals surface area contributed by atoms with Gasteiger partial charge < -0.3 is 10.2 Å². The molecule has 2 N–H and O–H groups in total. The average molecular weight is 238 g/mol. The number of carbonyl (C=O) groups excluding carboxylic acids is 3. The first-order valence-corrected chi connectivity index (χ1v) is 5.22. The van der Waals surface area contributed by atoms with E-state index in [1.54, 1.807) is 19.9 Å². The van der Waals surface area contributed by atoms with Crippen LogP contribution in [0.3, 0.4) is 0 Å². The van der Waals surface area contributed by atoms with Crippen LogP contribution in [0.5, 0.6) is 0 Å². The molecular formula is C10H14N4O3. The predicted octanol–water partition coefficient (Wildman–Crippen LogP) is -0.653. The summed E-state index contributed by atoms with van der Waals surface area (Å²) in [5.74, 6) is -0.867. The third-order valence-electron chi connectivity index (χ3n) is 2.91. The lowest BCUT2D eigenvalue weighted by molar-refractivity contribution is -0.127. The van der Waals surface area contributed by atoms with Gasteiger partial charge in [-0.1, -0.05) is 6.92 Å². The summed E-state index contributed by atoms with van der Waals surface area (Å²) in [4.78, 5) is 35.7. The van der Waals surface area contributed by atoms with Crippen molar-refractivity contribution in [3.8, 4) is 6.07 Å². The van der Waals surface area contributed by atoms with Crippen LogP contribution in [0.2, 0.25) is 0 Å². The van der Waals surface area contributed by atoms with Gasteiger partial charge in [-0.05, 0) is 13.3 Å². The fourth-order valence-electron chi connectivity index (χ4n) is 1.58. The van der Waals surface area contributed by atoms with E-state index in [4.69, 9.17) is 5.26 Å². The van der Waals surface area contributed by atoms with E-state index in [9.17, 15) is 14.4 Å². The Morgan fingerprint density at radius 1 is 1.59 bits per heavy atom. The molecular weight excluding hydrogens is 224 g/mol. The van der Waals surface area contributed by atoms with Crippen molar-refractivity contribution in [2.45, 2.75) is 25.8 Å². The average Bonchev–Trinajstić information content (AvgIpc) is 2.51. The van der Waals surface area contributed by atoms with E-state index in [1.807, 2.05) is 0 Å². The van der Waals surface area contributed by atoms with Gasteiger partial charge in [0.1, 0.15) is 18.6 Å². The number of amides is 4. The van der Waals surface area contributed by atoms with Crippen LogP contribution in [-0.2, 0) is 9.59 Å². The molecule has 0 aromatic carbocycles. The molecule has 4 amide bonds. The molecule has 17 heavy (non-hydrogen) atoms. The number of hydrogen-bond acceptors (Lipinski definition) is 4. The predicted molar refractivity (Wildman–Crippen MR) is 57.6 cm³/mol. The van der Waals surface area contributed by atoms with E-state index >= 15 is 0 Å². The maximum Gasteiger partial charge on any atom is 0.325 e. The van der Waals surface area contributed by atoms with E-state index in [0.29, 0.717) is 6.42 Å². The van der Waals surface area contributed by atoms with Crippen molar-refractivity contribution in [2.75, 3.05) is 13.1 Å². The normalized spacial score (nSPS) is 23.2.